The van der Waals surface area contributed by atoms with E-state index in [2.05, 4.69) is 5.32 Å². The molecule has 3 saturated heterocycles. The van der Waals surface area contributed by atoms with Crippen LogP contribution in [0, 0.1) is 11.8 Å². The second kappa shape index (κ2) is 16.0. The average Bonchev–Trinajstić information content (AvgIpc) is 3.35. The maximum Gasteiger partial charge on any atom is 0.338 e. The highest BCUT2D eigenvalue weighted by Gasteiger charge is 2.70. The molecule has 1 aromatic carbocycles. The molecule has 1 aromatic rings. The minimum atomic E-state index is -2.35. The van der Waals surface area contributed by atoms with Crippen molar-refractivity contribution < 1.29 is 93.9 Å². The van der Waals surface area contributed by atoms with Crippen molar-refractivity contribution in [2.75, 3.05) is 13.2 Å². The molecule has 3 aliphatic heterocycles. The molecule has 55 heavy (non-hydrogen) atoms. The number of esters is 2. The van der Waals surface area contributed by atoms with Gasteiger partial charge in [-0.25, -0.2) is 4.79 Å². The number of phenolic OH excluding ortho intramolecular Hbond substituents is 1. The Labute approximate surface area is 314 Å². The predicted octanol–water partition coefficient (Wildman–Crippen LogP) is -4.34. The Balaban J connectivity index is 1.17. The minimum absolute atomic E-state index is 0.0556. The average molecular weight is 788 g/mol. The molecular formula is C35H49NO19. The van der Waals surface area contributed by atoms with E-state index >= 15 is 0 Å². The third-order valence-corrected chi connectivity index (χ3v) is 11.4. The highest BCUT2D eigenvalue weighted by Crippen LogP contribution is 2.52. The van der Waals surface area contributed by atoms with Crippen LogP contribution in [-0.4, -0.2) is 179 Å². The van der Waals surface area contributed by atoms with Gasteiger partial charge in [-0.3, -0.25) is 9.59 Å². The summed E-state index contributed by atoms with van der Waals surface area (Å²) in [7, 11) is 0. The number of aromatic hydroxyl groups is 1. The maximum absolute atomic E-state index is 13.7. The van der Waals surface area contributed by atoms with E-state index in [-0.39, 0.29) is 30.8 Å². The Hall–Kier alpha value is -3.09. The second-order valence-electron chi connectivity index (χ2n) is 15.2. The second-order valence-corrected chi connectivity index (χ2v) is 15.2. The lowest BCUT2D eigenvalue weighted by atomic mass is 9.71. The van der Waals surface area contributed by atoms with Gasteiger partial charge in [-0.15, -0.1) is 0 Å². The van der Waals surface area contributed by atoms with E-state index in [0.717, 1.165) is 6.92 Å². The van der Waals surface area contributed by atoms with Gasteiger partial charge in [-0.2, -0.15) is 0 Å². The van der Waals surface area contributed by atoms with Crippen LogP contribution in [0.25, 0.3) is 0 Å². The highest BCUT2D eigenvalue weighted by molar-refractivity contribution is 5.89. The van der Waals surface area contributed by atoms with Gasteiger partial charge in [0, 0.05) is 25.7 Å². The van der Waals surface area contributed by atoms with Crippen LogP contribution >= 0.6 is 0 Å². The number of aliphatic hydroxyl groups excluding tert-OH is 8. The summed E-state index contributed by atoms with van der Waals surface area (Å²) in [5.74, 6) is -6.04. The van der Waals surface area contributed by atoms with Crippen LogP contribution in [0.2, 0.25) is 0 Å². The van der Waals surface area contributed by atoms with Crippen molar-refractivity contribution in [1.29, 1.82) is 0 Å². The zero-order chi connectivity index (χ0) is 40.1. The summed E-state index contributed by atoms with van der Waals surface area (Å²) in [6, 6.07) is 3.89. The Morgan fingerprint density at radius 3 is 2.25 bits per heavy atom. The van der Waals surface area contributed by atoms with Gasteiger partial charge in [0.2, 0.25) is 11.7 Å². The minimum Gasteiger partial charge on any atom is -0.508 e. The van der Waals surface area contributed by atoms with E-state index in [4.69, 9.17) is 28.4 Å². The third-order valence-electron chi connectivity index (χ3n) is 11.4. The molecule has 5 fully saturated rings. The zero-order valence-corrected chi connectivity index (χ0v) is 29.9. The van der Waals surface area contributed by atoms with Crippen molar-refractivity contribution in [2.45, 2.75) is 136 Å². The van der Waals surface area contributed by atoms with Crippen molar-refractivity contribution >= 4 is 17.8 Å². The molecule has 1 spiro atoms. The van der Waals surface area contributed by atoms with Gasteiger partial charge in [0.25, 0.3) is 0 Å². The third kappa shape index (κ3) is 7.81. The van der Waals surface area contributed by atoms with Crippen LogP contribution in [0.4, 0.5) is 0 Å². The Bertz CT molecular complexity index is 1550. The molecule has 6 rings (SSSR count). The standard InChI is InChI=1S/C35H49NO19/c1-13-12-50-34(10-20(13)52-30(46)15-3-5-17(39)6-4-15)33(48)35(49)22(41)7-16(8-23(35)55-34)31(47)51-19-9-18(40)25(42)28(45)29(19)54-32-24(36-14(2)38)27(44)26(43)21(11-37)53-32/h3-6,13,16,18-29,32-33,37,39-45,48-49H,7-12H2,1-2H3,(H,36,38)/t13-,16-,18-,19+,20+,21+,22-,23+,24-,25+,26+,27+,28-,29-,32+,33-,34-,35+/m0/s1. The van der Waals surface area contributed by atoms with Gasteiger partial charge in [0.1, 0.15) is 72.3 Å². The molecule has 0 unspecified atom stereocenters. The van der Waals surface area contributed by atoms with Crippen molar-refractivity contribution in [3.05, 3.63) is 29.8 Å². The van der Waals surface area contributed by atoms with Crippen LogP contribution in [0.1, 0.15) is 49.9 Å². The van der Waals surface area contributed by atoms with Crippen LogP contribution in [-0.2, 0) is 38.0 Å². The molecule has 20 heteroatoms. The van der Waals surface area contributed by atoms with E-state index in [0.29, 0.717) is 0 Å². The predicted molar refractivity (Wildman–Crippen MR) is 177 cm³/mol. The fraction of sp³-hybridized carbons (Fsp3) is 0.743. The van der Waals surface area contributed by atoms with Crippen LogP contribution in [0.3, 0.4) is 0 Å². The fourth-order valence-electron chi connectivity index (χ4n) is 8.14. The van der Waals surface area contributed by atoms with Crippen molar-refractivity contribution in [1.82, 2.24) is 5.32 Å². The first-order valence-corrected chi connectivity index (χ1v) is 18.1. The van der Waals surface area contributed by atoms with Gasteiger partial charge in [-0.1, -0.05) is 6.92 Å². The Morgan fingerprint density at radius 1 is 0.909 bits per heavy atom. The number of carbonyl (C=O) groups is 3. The lowest BCUT2D eigenvalue weighted by molar-refractivity contribution is -0.311. The van der Waals surface area contributed by atoms with Crippen molar-refractivity contribution in [3.8, 4) is 5.75 Å². The summed E-state index contributed by atoms with van der Waals surface area (Å²) >= 11 is 0. The molecule has 308 valence electrons. The lowest BCUT2D eigenvalue weighted by Gasteiger charge is -2.47. The largest absolute Gasteiger partial charge is 0.508 e. The number of phenols is 1. The summed E-state index contributed by atoms with van der Waals surface area (Å²) in [4.78, 5) is 38.6. The molecule has 20 nitrogen and oxygen atoms in total. The number of amides is 1. The van der Waals surface area contributed by atoms with Gasteiger partial charge in [0.05, 0.1) is 43.0 Å². The van der Waals surface area contributed by atoms with Crippen molar-refractivity contribution in [3.63, 3.8) is 0 Å². The summed E-state index contributed by atoms with van der Waals surface area (Å²) in [6.45, 7) is 1.97. The van der Waals surface area contributed by atoms with E-state index in [9.17, 15) is 65.4 Å². The number of nitrogens with one attached hydrogen (secondary N) is 1. The molecule has 0 aromatic heterocycles. The smallest absolute Gasteiger partial charge is 0.338 e. The molecule has 11 N–H and O–H groups in total. The SMILES string of the molecule is CC(=O)N[C@@H]1[C@@H](O[C@@H]2[C@@H](O)[C@H](O)[C@@H](O)C[C@H]2OC(=O)[C@H]2C[C@H](O)[C@@]3(O)[C@@H](C2)O[C@@]2(C[C@@H](OC(=O)c4ccc(O)cc4)[C@@H](C)CO2)[C@@H]3O)O[C@H](CO)[C@@H](O)[C@@H]1O. The fourth-order valence-corrected chi connectivity index (χ4v) is 8.14. The molecular weight excluding hydrogens is 738 g/mol. The van der Waals surface area contributed by atoms with Crippen LogP contribution in [0.5, 0.6) is 5.75 Å². The van der Waals surface area contributed by atoms with E-state index in [1.54, 1.807) is 6.92 Å². The number of hydrogen-bond donors (Lipinski definition) is 11. The molecule has 0 radical (unpaired) electrons. The number of hydrogen-bond acceptors (Lipinski definition) is 19. The van der Waals surface area contributed by atoms with Gasteiger partial charge < -0.3 is 84.8 Å². The molecule has 0 bridgehead atoms. The normalized spacial score (nSPS) is 45.7. The summed E-state index contributed by atoms with van der Waals surface area (Å²) in [6.07, 6.45) is -22.6. The Kier molecular flexibility index (Phi) is 12.1. The van der Waals surface area contributed by atoms with Crippen LogP contribution < -0.4 is 5.32 Å². The molecule has 5 aliphatic rings. The topological polar surface area (TPSA) is 321 Å². The quantitative estimate of drug-likeness (QED) is 0.111. The van der Waals surface area contributed by atoms with Crippen molar-refractivity contribution in [2.24, 2.45) is 11.8 Å². The van der Waals surface area contributed by atoms with E-state index in [1.807, 2.05) is 0 Å². The number of fused-ring (bicyclic) bond motifs is 1. The summed E-state index contributed by atoms with van der Waals surface area (Å²) < 4.78 is 34.9. The number of rotatable bonds is 8. The summed E-state index contributed by atoms with van der Waals surface area (Å²) in [5.41, 5.74) is -2.20. The number of aliphatic hydroxyl groups is 9. The van der Waals surface area contributed by atoms with Gasteiger partial charge in [-0.05, 0) is 37.1 Å². The molecule has 18 atom stereocenters. The number of carbonyl (C=O) groups excluding carboxylic acids is 3. The lowest BCUT2D eigenvalue weighted by Crippen LogP contribution is -2.67. The number of ether oxygens (including phenoxy) is 6. The monoisotopic (exact) mass is 787 g/mol. The van der Waals surface area contributed by atoms with Gasteiger partial charge in [0.15, 0.2) is 6.29 Å². The van der Waals surface area contributed by atoms with E-state index < -0.39 is 146 Å². The zero-order valence-electron chi connectivity index (χ0n) is 29.9. The molecule has 2 saturated carbocycles. The first kappa shape index (κ1) is 41.5. The van der Waals surface area contributed by atoms with Crippen LogP contribution in [0.15, 0.2) is 24.3 Å². The molecule has 3 heterocycles. The molecule has 1 amide bonds. The number of benzene rings is 1. The highest BCUT2D eigenvalue weighted by atomic mass is 16.7. The van der Waals surface area contributed by atoms with E-state index in [1.165, 1.54) is 24.3 Å². The molecule has 2 aliphatic carbocycles. The summed E-state index contributed by atoms with van der Waals surface area (Å²) in [5, 5.41) is 109. The Morgan fingerprint density at radius 2 is 1.60 bits per heavy atom. The first-order valence-electron chi connectivity index (χ1n) is 18.1. The first-order chi connectivity index (χ1) is 25.9. The maximum atomic E-state index is 13.7. The van der Waals surface area contributed by atoms with Gasteiger partial charge >= 0.3 is 11.9 Å².